The number of rotatable bonds is 12. The highest BCUT2D eigenvalue weighted by Crippen LogP contribution is 2.41. The second kappa shape index (κ2) is 16.3. The van der Waals surface area contributed by atoms with E-state index in [1.54, 1.807) is 49.4 Å². The van der Waals surface area contributed by atoms with E-state index in [-0.39, 0.29) is 45.8 Å². The number of carbonyl (C=O) groups is 3. The number of halogens is 3. The van der Waals surface area contributed by atoms with E-state index in [9.17, 15) is 19.5 Å². The monoisotopic (exact) mass is 682 g/mol. The van der Waals surface area contributed by atoms with Crippen molar-refractivity contribution < 1.29 is 29.1 Å². The summed E-state index contributed by atoms with van der Waals surface area (Å²) in [5.41, 5.74) is 0.905. The smallest absolute Gasteiger partial charge is 0.410 e. The minimum atomic E-state index is -1.41. The van der Waals surface area contributed by atoms with Crippen LogP contribution in [0.2, 0.25) is 10.0 Å². The number of ether oxygens (including phenoxy) is 1. The Hall–Kier alpha value is -3.41. The van der Waals surface area contributed by atoms with Crippen molar-refractivity contribution in [2.24, 2.45) is 15.6 Å². The molecule has 0 spiro atoms. The molecule has 2 aromatic rings. The van der Waals surface area contributed by atoms with Crippen molar-refractivity contribution in [1.29, 1.82) is 0 Å². The molecule has 10 nitrogen and oxygen atoms in total. The molecule has 1 unspecified atom stereocenters. The summed E-state index contributed by atoms with van der Waals surface area (Å²) in [7, 11) is 0. The summed E-state index contributed by atoms with van der Waals surface area (Å²) >= 11 is 16.0. The van der Waals surface area contributed by atoms with Gasteiger partial charge in [-0.1, -0.05) is 77.7 Å². The number of carbonyl (C=O) groups excluding carboxylic acids is 2. The standard InChI is InChI=1S/C29H33BrCl2N4O6/c1-6-12-41-19-10-8-17(9-11-19)22(36-42-7-2)15-23(37)34-27(35-28(39)40)25(29(3,4)5)18-13-20(31)26(21(32)14-18)33-24(38)16-30/h6,8-11,13-14,25H,1,7,12,15-16H2,2-5H3,(H,33,38)(H,39,40)(H,34,35,37). The van der Waals surface area contributed by atoms with Gasteiger partial charge in [-0.15, -0.1) is 0 Å². The fourth-order valence-corrected chi connectivity index (χ4v) is 4.68. The van der Waals surface area contributed by atoms with Gasteiger partial charge in [0.25, 0.3) is 5.91 Å². The van der Waals surface area contributed by atoms with E-state index in [0.29, 0.717) is 29.2 Å². The summed E-state index contributed by atoms with van der Waals surface area (Å²) in [6.45, 7) is 11.5. The van der Waals surface area contributed by atoms with Gasteiger partial charge < -0.3 is 20.0 Å². The molecular formula is C29H33BrCl2N4O6. The molecule has 0 saturated heterocycles. The van der Waals surface area contributed by atoms with Crippen LogP contribution in [0.5, 0.6) is 5.75 Å². The molecule has 2 aromatic carbocycles. The van der Waals surface area contributed by atoms with Crippen molar-refractivity contribution in [1.82, 2.24) is 5.32 Å². The molecule has 3 N–H and O–H groups in total. The Morgan fingerprint density at radius 1 is 1.14 bits per heavy atom. The molecule has 13 heteroatoms. The second-order valence-electron chi connectivity index (χ2n) is 9.92. The molecule has 0 aliphatic rings. The van der Waals surface area contributed by atoms with Crippen molar-refractivity contribution in [3.05, 3.63) is 70.2 Å². The van der Waals surface area contributed by atoms with E-state index in [0.717, 1.165) is 0 Å². The van der Waals surface area contributed by atoms with Gasteiger partial charge in [0.15, 0.2) is 0 Å². The van der Waals surface area contributed by atoms with Crippen LogP contribution in [0.4, 0.5) is 10.5 Å². The zero-order valence-corrected chi connectivity index (χ0v) is 26.8. The Morgan fingerprint density at radius 3 is 2.26 bits per heavy atom. The number of amidine groups is 1. The van der Waals surface area contributed by atoms with Gasteiger partial charge in [0.2, 0.25) is 5.91 Å². The minimum Gasteiger partial charge on any atom is -0.490 e. The molecular weight excluding hydrogens is 651 g/mol. The van der Waals surface area contributed by atoms with Crippen LogP contribution in [-0.2, 0) is 14.4 Å². The highest BCUT2D eigenvalue weighted by atomic mass is 79.9. The average Bonchev–Trinajstić information content (AvgIpc) is 2.91. The molecule has 2 rings (SSSR count). The van der Waals surface area contributed by atoms with E-state index in [1.165, 1.54) is 0 Å². The van der Waals surface area contributed by atoms with Gasteiger partial charge in [0.1, 0.15) is 24.8 Å². The topological polar surface area (TPSA) is 139 Å². The first-order valence-corrected chi connectivity index (χ1v) is 14.7. The lowest BCUT2D eigenvalue weighted by atomic mass is 9.75. The van der Waals surface area contributed by atoms with Crippen molar-refractivity contribution in [3.8, 4) is 5.75 Å². The van der Waals surface area contributed by atoms with Crippen LogP contribution in [0.25, 0.3) is 0 Å². The van der Waals surface area contributed by atoms with E-state index < -0.39 is 23.3 Å². The average molecular weight is 684 g/mol. The molecule has 226 valence electrons. The SMILES string of the molecule is C=CCOc1ccc(C(CC(=O)N=C(NC(=O)O)C(c2cc(Cl)c(NC(=O)CBr)c(Cl)c2)C(C)(C)C)=NOCC)cc1. The van der Waals surface area contributed by atoms with E-state index in [2.05, 4.69) is 43.3 Å². The lowest BCUT2D eigenvalue weighted by Gasteiger charge is -2.32. The van der Waals surface area contributed by atoms with Gasteiger partial charge in [-0.25, -0.2) is 4.79 Å². The first-order valence-electron chi connectivity index (χ1n) is 12.8. The number of hydrogen-bond acceptors (Lipinski definition) is 6. The van der Waals surface area contributed by atoms with Crippen LogP contribution < -0.4 is 15.4 Å². The van der Waals surface area contributed by atoms with Gasteiger partial charge in [0, 0.05) is 11.5 Å². The van der Waals surface area contributed by atoms with Crippen molar-refractivity contribution in [2.75, 3.05) is 23.9 Å². The summed E-state index contributed by atoms with van der Waals surface area (Å²) < 4.78 is 5.51. The quantitative estimate of drug-likeness (QED) is 0.0721. The molecule has 0 fully saturated rings. The van der Waals surface area contributed by atoms with E-state index >= 15 is 0 Å². The molecule has 0 heterocycles. The number of carboxylic acid groups (broad SMARTS) is 1. The third-order valence-electron chi connectivity index (χ3n) is 5.58. The zero-order valence-electron chi connectivity index (χ0n) is 23.7. The lowest BCUT2D eigenvalue weighted by molar-refractivity contribution is -0.116. The third-order valence-corrected chi connectivity index (χ3v) is 6.69. The summed E-state index contributed by atoms with van der Waals surface area (Å²) in [6, 6.07) is 9.99. The molecule has 0 saturated carbocycles. The Balaban J connectivity index is 2.52. The van der Waals surface area contributed by atoms with Crippen molar-refractivity contribution >= 4 is 74.3 Å². The first-order chi connectivity index (χ1) is 19.8. The van der Waals surface area contributed by atoms with Crippen LogP contribution in [0.1, 0.15) is 51.2 Å². The Bertz CT molecular complexity index is 1330. The molecule has 0 aliphatic carbocycles. The fourth-order valence-electron chi connectivity index (χ4n) is 3.94. The van der Waals surface area contributed by atoms with Gasteiger partial charge in [-0.2, -0.15) is 4.99 Å². The maximum Gasteiger partial charge on any atom is 0.410 e. The summed E-state index contributed by atoms with van der Waals surface area (Å²) in [4.78, 5) is 46.4. The highest BCUT2D eigenvalue weighted by molar-refractivity contribution is 9.09. The van der Waals surface area contributed by atoms with E-state index in [4.69, 9.17) is 32.8 Å². The zero-order chi connectivity index (χ0) is 31.4. The number of nitrogens with one attached hydrogen (secondary N) is 2. The van der Waals surface area contributed by atoms with Gasteiger partial charge in [-0.3, -0.25) is 14.9 Å². The summed E-state index contributed by atoms with van der Waals surface area (Å²) in [5.74, 6) is -1.33. The number of amides is 3. The molecule has 0 aliphatic heterocycles. The van der Waals surface area contributed by atoms with Crippen LogP contribution >= 0.6 is 39.1 Å². The number of anilines is 1. The Kier molecular flexibility index (Phi) is 13.5. The molecule has 0 radical (unpaired) electrons. The lowest BCUT2D eigenvalue weighted by Crippen LogP contribution is -2.40. The molecule has 0 aromatic heterocycles. The predicted octanol–water partition coefficient (Wildman–Crippen LogP) is 7.04. The maximum absolute atomic E-state index is 13.3. The predicted molar refractivity (Wildman–Crippen MR) is 170 cm³/mol. The first kappa shape index (κ1) is 34.8. The number of hydrogen-bond donors (Lipinski definition) is 3. The largest absolute Gasteiger partial charge is 0.490 e. The number of benzene rings is 2. The molecule has 0 bridgehead atoms. The fraction of sp³-hybridized carbons (Fsp3) is 0.345. The van der Waals surface area contributed by atoms with Gasteiger partial charge >= 0.3 is 6.09 Å². The normalized spacial score (nSPS) is 12.7. The Morgan fingerprint density at radius 2 is 1.76 bits per heavy atom. The number of alkyl halides is 1. The third kappa shape index (κ3) is 10.5. The van der Waals surface area contributed by atoms with Crippen molar-refractivity contribution in [3.63, 3.8) is 0 Å². The highest BCUT2D eigenvalue weighted by Gasteiger charge is 2.34. The van der Waals surface area contributed by atoms with Crippen LogP contribution in [0.3, 0.4) is 0 Å². The van der Waals surface area contributed by atoms with Gasteiger partial charge in [0.05, 0.1) is 33.2 Å². The second-order valence-corrected chi connectivity index (χ2v) is 11.3. The van der Waals surface area contributed by atoms with E-state index in [1.807, 2.05) is 20.8 Å². The summed E-state index contributed by atoms with van der Waals surface area (Å²) in [5, 5.41) is 18.9. The van der Waals surface area contributed by atoms with Crippen molar-refractivity contribution in [2.45, 2.75) is 40.0 Å². The van der Waals surface area contributed by atoms with Crippen LogP contribution in [-0.4, -0.2) is 53.1 Å². The number of nitrogens with zero attached hydrogens (tertiary/aromatic N) is 2. The van der Waals surface area contributed by atoms with Crippen LogP contribution in [0.15, 0.2) is 59.2 Å². The molecule has 1 atom stereocenters. The van der Waals surface area contributed by atoms with Crippen LogP contribution in [0, 0.1) is 5.41 Å². The molecule has 3 amide bonds. The Labute approximate surface area is 263 Å². The maximum atomic E-state index is 13.3. The molecule has 42 heavy (non-hydrogen) atoms. The number of oxime groups is 1. The summed E-state index contributed by atoms with van der Waals surface area (Å²) in [6.07, 6.45) is -0.0699. The minimum absolute atomic E-state index is 0.0370. The van der Waals surface area contributed by atoms with Gasteiger partial charge in [-0.05, 0) is 54.3 Å². The number of aliphatic imine (C=N–C) groups is 1.